The molecular formula is C13H19ClN2O2. The lowest BCUT2D eigenvalue weighted by atomic mass is 10.3. The van der Waals surface area contributed by atoms with Crippen LogP contribution in [0, 0.1) is 0 Å². The van der Waals surface area contributed by atoms with Crippen molar-refractivity contribution in [2.45, 2.75) is 6.42 Å². The zero-order chi connectivity index (χ0) is 11.9. The van der Waals surface area contributed by atoms with E-state index in [4.69, 9.17) is 4.74 Å². The van der Waals surface area contributed by atoms with Crippen molar-refractivity contribution in [3.63, 3.8) is 0 Å². The fraction of sp³-hybridized carbons (Fsp3) is 0.462. The highest BCUT2D eigenvalue weighted by Gasteiger charge is 2.15. The molecule has 0 spiro atoms. The highest BCUT2D eigenvalue weighted by molar-refractivity contribution is 5.85. The van der Waals surface area contributed by atoms with Gasteiger partial charge < -0.3 is 15.0 Å². The fourth-order valence-corrected chi connectivity index (χ4v) is 1.85. The third kappa shape index (κ3) is 4.55. The van der Waals surface area contributed by atoms with Crippen LogP contribution in [0.15, 0.2) is 30.3 Å². The van der Waals surface area contributed by atoms with E-state index in [0.717, 1.165) is 38.3 Å². The molecule has 1 heterocycles. The molecule has 1 aliphatic heterocycles. The van der Waals surface area contributed by atoms with Crippen molar-refractivity contribution in [3.8, 4) is 5.75 Å². The third-order valence-electron chi connectivity index (χ3n) is 2.80. The van der Waals surface area contributed by atoms with Gasteiger partial charge in [-0.1, -0.05) is 18.2 Å². The molecule has 5 heteroatoms. The Morgan fingerprint density at radius 3 is 2.78 bits per heavy atom. The molecule has 100 valence electrons. The van der Waals surface area contributed by atoms with Gasteiger partial charge in [0, 0.05) is 19.6 Å². The smallest absolute Gasteiger partial charge is 0.260 e. The van der Waals surface area contributed by atoms with Crippen molar-refractivity contribution in [3.05, 3.63) is 30.3 Å². The first kappa shape index (κ1) is 14.8. The predicted molar refractivity (Wildman–Crippen MR) is 73.3 cm³/mol. The number of para-hydroxylation sites is 1. The molecule has 1 N–H and O–H groups in total. The summed E-state index contributed by atoms with van der Waals surface area (Å²) in [6.07, 6.45) is 1.01. The van der Waals surface area contributed by atoms with Crippen LogP contribution in [0.1, 0.15) is 6.42 Å². The van der Waals surface area contributed by atoms with Gasteiger partial charge in [-0.2, -0.15) is 0 Å². The van der Waals surface area contributed by atoms with Gasteiger partial charge in [-0.05, 0) is 25.1 Å². The lowest BCUT2D eigenvalue weighted by molar-refractivity contribution is -0.133. The standard InChI is InChI=1S/C13H18N2O2.ClH/c16-13(15-9-4-7-14-8-10-15)11-17-12-5-2-1-3-6-12;/h1-3,5-6,14H,4,7-11H2;1H. The van der Waals surface area contributed by atoms with Gasteiger partial charge in [-0.15, -0.1) is 12.4 Å². The third-order valence-corrected chi connectivity index (χ3v) is 2.80. The molecule has 1 aromatic rings. The Labute approximate surface area is 114 Å². The SMILES string of the molecule is Cl.O=C(COc1ccccc1)N1CCCNCC1. The van der Waals surface area contributed by atoms with Crippen LogP contribution >= 0.6 is 12.4 Å². The zero-order valence-electron chi connectivity index (χ0n) is 10.3. The lowest BCUT2D eigenvalue weighted by Gasteiger charge is -2.19. The van der Waals surface area contributed by atoms with Crippen LogP contribution in [-0.2, 0) is 4.79 Å². The maximum Gasteiger partial charge on any atom is 0.260 e. The van der Waals surface area contributed by atoms with E-state index in [-0.39, 0.29) is 24.9 Å². The molecule has 2 rings (SSSR count). The topological polar surface area (TPSA) is 41.6 Å². The number of rotatable bonds is 3. The number of nitrogens with zero attached hydrogens (tertiary/aromatic N) is 1. The summed E-state index contributed by atoms with van der Waals surface area (Å²) in [4.78, 5) is 13.8. The molecule has 0 radical (unpaired) electrons. The van der Waals surface area contributed by atoms with E-state index in [1.165, 1.54) is 0 Å². The summed E-state index contributed by atoms with van der Waals surface area (Å²) in [6, 6.07) is 9.44. The first-order valence-corrected chi connectivity index (χ1v) is 6.02. The van der Waals surface area contributed by atoms with Crippen molar-refractivity contribution in [1.29, 1.82) is 0 Å². The average molecular weight is 271 g/mol. The van der Waals surface area contributed by atoms with E-state index >= 15 is 0 Å². The summed E-state index contributed by atoms with van der Waals surface area (Å²) in [5.41, 5.74) is 0. The van der Waals surface area contributed by atoms with Crippen molar-refractivity contribution in [1.82, 2.24) is 10.2 Å². The van der Waals surface area contributed by atoms with Crippen LogP contribution in [-0.4, -0.2) is 43.6 Å². The number of benzene rings is 1. The van der Waals surface area contributed by atoms with Crippen LogP contribution < -0.4 is 10.1 Å². The van der Waals surface area contributed by atoms with Gasteiger partial charge in [0.1, 0.15) is 5.75 Å². The molecule has 1 amide bonds. The summed E-state index contributed by atoms with van der Waals surface area (Å²) in [6.45, 7) is 3.59. The van der Waals surface area contributed by atoms with Gasteiger partial charge in [0.2, 0.25) is 0 Å². The van der Waals surface area contributed by atoms with Gasteiger partial charge in [0.15, 0.2) is 6.61 Å². The molecule has 1 fully saturated rings. The van der Waals surface area contributed by atoms with E-state index in [0.29, 0.717) is 0 Å². The largest absolute Gasteiger partial charge is 0.484 e. The monoisotopic (exact) mass is 270 g/mol. The molecule has 0 aliphatic carbocycles. The Hall–Kier alpha value is -1.26. The van der Waals surface area contributed by atoms with Crippen molar-refractivity contribution < 1.29 is 9.53 Å². The van der Waals surface area contributed by atoms with Crippen LogP contribution in [0.4, 0.5) is 0 Å². The minimum absolute atomic E-state index is 0. The number of nitrogens with one attached hydrogen (secondary N) is 1. The van der Waals surface area contributed by atoms with Gasteiger partial charge >= 0.3 is 0 Å². The molecule has 1 aromatic carbocycles. The van der Waals surface area contributed by atoms with Gasteiger partial charge in [0.25, 0.3) is 5.91 Å². The minimum Gasteiger partial charge on any atom is -0.484 e. The van der Waals surface area contributed by atoms with E-state index in [1.54, 1.807) is 0 Å². The molecule has 1 aliphatic rings. The Morgan fingerprint density at radius 1 is 1.22 bits per heavy atom. The first-order chi connectivity index (χ1) is 8.36. The zero-order valence-corrected chi connectivity index (χ0v) is 11.1. The number of ether oxygens (including phenoxy) is 1. The Balaban J connectivity index is 0.00000162. The number of carbonyl (C=O) groups is 1. The molecule has 4 nitrogen and oxygen atoms in total. The van der Waals surface area contributed by atoms with Crippen LogP contribution in [0.3, 0.4) is 0 Å². The quantitative estimate of drug-likeness (QED) is 0.901. The maximum absolute atomic E-state index is 11.9. The molecule has 1 saturated heterocycles. The summed E-state index contributed by atoms with van der Waals surface area (Å²) in [5, 5.41) is 3.27. The van der Waals surface area contributed by atoms with Crippen LogP contribution in [0.2, 0.25) is 0 Å². The summed E-state index contributed by atoms with van der Waals surface area (Å²) in [5.74, 6) is 0.811. The molecule has 18 heavy (non-hydrogen) atoms. The highest BCUT2D eigenvalue weighted by atomic mass is 35.5. The predicted octanol–water partition coefficient (Wildman–Crippen LogP) is 1.31. The lowest BCUT2D eigenvalue weighted by Crippen LogP contribution is -2.37. The minimum atomic E-state index is 0. The van der Waals surface area contributed by atoms with E-state index in [2.05, 4.69) is 5.32 Å². The number of amides is 1. The second kappa shape index (κ2) is 7.95. The number of hydrogen-bond acceptors (Lipinski definition) is 3. The molecular weight excluding hydrogens is 252 g/mol. The average Bonchev–Trinajstić information content (AvgIpc) is 2.66. The second-order valence-electron chi connectivity index (χ2n) is 4.09. The van der Waals surface area contributed by atoms with E-state index in [9.17, 15) is 4.79 Å². The Bertz CT molecular complexity index is 351. The molecule has 0 saturated carbocycles. The summed E-state index contributed by atoms with van der Waals surface area (Å²) in [7, 11) is 0. The van der Waals surface area contributed by atoms with Crippen LogP contribution in [0.5, 0.6) is 5.75 Å². The van der Waals surface area contributed by atoms with Gasteiger partial charge in [-0.3, -0.25) is 4.79 Å². The van der Waals surface area contributed by atoms with Crippen molar-refractivity contribution in [2.24, 2.45) is 0 Å². The van der Waals surface area contributed by atoms with E-state index < -0.39 is 0 Å². The first-order valence-electron chi connectivity index (χ1n) is 6.02. The van der Waals surface area contributed by atoms with Gasteiger partial charge in [0.05, 0.1) is 0 Å². The van der Waals surface area contributed by atoms with E-state index in [1.807, 2.05) is 35.2 Å². The van der Waals surface area contributed by atoms with Gasteiger partial charge in [-0.25, -0.2) is 0 Å². The number of halogens is 1. The second-order valence-corrected chi connectivity index (χ2v) is 4.09. The molecule has 0 bridgehead atoms. The maximum atomic E-state index is 11.9. The molecule has 0 unspecified atom stereocenters. The summed E-state index contributed by atoms with van der Waals surface area (Å²) >= 11 is 0. The van der Waals surface area contributed by atoms with Crippen LogP contribution in [0.25, 0.3) is 0 Å². The molecule has 0 aromatic heterocycles. The number of carbonyl (C=O) groups excluding carboxylic acids is 1. The molecule has 0 atom stereocenters. The Kier molecular flexibility index (Phi) is 6.54. The fourth-order valence-electron chi connectivity index (χ4n) is 1.85. The number of hydrogen-bond donors (Lipinski definition) is 1. The van der Waals surface area contributed by atoms with Crippen molar-refractivity contribution >= 4 is 18.3 Å². The Morgan fingerprint density at radius 2 is 2.00 bits per heavy atom. The highest BCUT2D eigenvalue weighted by Crippen LogP contribution is 2.08. The normalized spacial score (nSPS) is 15.4. The summed E-state index contributed by atoms with van der Waals surface area (Å²) < 4.78 is 5.45. The van der Waals surface area contributed by atoms with Crippen molar-refractivity contribution in [2.75, 3.05) is 32.8 Å².